The predicted molar refractivity (Wildman–Crippen MR) is 83.1 cm³/mol. The number of carbonyl (C=O) groups excluding carboxylic acids is 1. The van der Waals surface area contributed by atoms with Crippen molar-refractivity contribution in [1.82, 2.24) is 14.9 Å². The number of aliphatic hydroxyl groups excluding tert-OH is 1. The second-order valence-corrected chi connectivity index (χ2v) is 6.40. The molecule has 0 radical (unpaired) electrons. The highest BCUT2D eigenvalue weighted by Gasteiger charge is 2.40. The zero-order chi connectivity index (χ0) is 15.7. The lowest BCUT2D eigenvalue weighted by Gasteiger charge is -2.34. The van der Waals surface area contributed by atoms with Gasteiger partial charge in [0.05, 0.1) is 31.0 Å². The summed E-state index contributed by atoms with van der Waals surface area (Å²) in [5.74, 6) is 0.256. The van der Waals surface area contributed by atoms with Gasteiger partial charge in [-0.25, -0.2) is 4.98 Å². The number of aromatic nitrogens is 2. The first-order valence-electron chi connectivity index (χ1n) is 7.72. The first-order valence-corrected chi connectivity index (χ1v) is 8.95. The largest absolute Gasteiger partial charge is 0.477 e. The minimum Gasteiger partial charge on any atom is -0.477 e. The van der Waals surface area contributed by atoms with E-state index in [1.807, 2.05) is 13.2 Å². The molecule has 7 heteroatoms. The van der Waals surface area contributed by atoms with Gasteiger partial charge in [-0.05, 0) is 26.0 Å². The highest BCUT2D eigenvalue weighted by Crippen LogP contribution is 2.34. The first kappa shape index (κ1) is 15.6. The van der Waals surface area contributed by atoms with Crippen LogP contribution in [0.15, 0.2) is 5.16 Å². The molecular weight excluding hydrogens is 302 g/mol. The van der Waals surface area contributed by atoms with Gasteiger partial charge in [-0.3, -0.25) is 4.79 Å². The quantitative estimate of drug-likeness (QED) is 0.673. The van der Waals surface area contributed by atoms with Crippen LogP contribution >= 0.6 is 11.8 Å². The number of aliphatic hydroxyl groups is 1. The summed E-state index contributed by atoms with van der Waals surface area (Å²) < 4.78 is 5.55. The number of rotatable bonds is 4. The maximum absolute atomic E-state index is 12.8. The Bertz CT molecular complexity index is 581. The van der Waals surface area contributed by atoms with Crippen molar-refractivity contribution in [2.45, 2.75) is 56.5 Å². The van der Waals surface area contributed by atoms with Crippen LogP contribution in [-0.2, 0) is 6.54 Å². The van der Waals surface area contributed by atoms with E-state index in [1.54, 1.807) is 4.90 Å². The van der Waals surface area contributed by atoms with Crippen molar-refractivity contribution in [1.29, 1.82) is 0 Å². The molecule has 1 aliphatic carbocycles. The Morgan fingerprint density at radius 2 is 2.14 bits per heavy atom. The monoisotopic (exact) mass is 323 g/mol. The Labute approximate surface area is 134 Å². The van der Waals surface area contributed by atoms with Crippen molar-refractivity contribution in [3.63, 3.8) is 0 Å². The SMILES string of the molecule is CCOc1nc(SC)nc2c1C(=O)N(C1CCCCC1O)C2. The fourth-order valence-electron chi connectivity index (χ4n) is 3.22. The predicted octanol–water partition coefficient (Wildman–Crippen LogP) is 1.86. The number of ether oxygens (including phenoxy) is 1. The Morgan fingerprint density at radius 1 is 1.36 bits per heavy atom. The van der Waals surface area contributed by atoms with Crippen LogP contribution in [0.5, 0.6) is 5.88 Å². The molecule has 3 rings (SSSR count). The van der Waals surface area contributed by atoms with Crippen LogP contribution in [0.2, 0.25) is 0 Å². The van der Waals surface area contributed by atoms with Gasteiger partial charge < -0.3 is 14.7 Å². The first-order chi connectivity index (χ1) is 10.7. The Kier molecular flexibility index (Phi) is 4.54. The fraction of sp³-hybridized carbons (Fsp3) is 0.667. The molecule has 2 heterocycles. The minimum absolute atomic E-state index is 0.114. The molecule has 1 aromatic rings. The van der Waals surface area contributed by atoms with Gasteiger partial charge in [0, 0.05) is 0 Å². The molecule has 22 heavy (non-hydrogen) atoms. The lowest BCUT2D eigenvalue weighted by Crippen LogP contribution is -2.45. The summed E-state index contributed by atoms with van der Waals surface area (Å²) in [5, 5.41) is 10.8. The molecule has 0 saturated heterocycles. The summed E-state index contributed by atoms with van der Waals surface area (Å²) in [5.41, 5.74) is 1.18. The third kappa shape index (κ3) is 2.67. The van der Waals surface area contributed by atoms with Crippen LogP contribution in [0.4, 0.5) is 0 Å². The highest BCUT2D eigenvalue weighted by molar-refractivity contribution is 7.98. The molecule has 2 unspecified atom stereocenters. The van der Waals surface area contributed by atoms with Crippen molar-refractivity contribution in [2.24, 2.45) is 0 Å². The smallest absolute Gasteiger partial charge is 0.261 e. The van der Waals surface area contributed by atoms with Crippen molar-refractivity contribution >= 4 is 17.7 Å². The zero-order valence-corrected chi connectivity index (χ0v) is 13.7. The van der Waals surface area contributed by atoms with Crippen LogP contribution in [0.3, 0.4) is 0 Å². The van der Waals surface area contributed by atoms with Crippen LogP contribution in [0.25, 0.3) is 0 Å². The fourth-order valence-corrected chi connectivity index (χ4v) is 3.60. The molecule has 0 spiro atoms. The molecule has 0 bridgehead atoms. The number of nitrogens with zero attached hydrogens (tertiary/aromatic N) is 3. The standard InChI is InChI=1S/C15H21N3O3S/c1-3-21-13-12-9(16-15(17-13)22-2)8-18(14(12)20)10-6-4-5-7-11(10)19/h10-11,19H,3-8H2,1-2H3. The third-order valence-electron chi connectivity index (χ3n) is 4.28. The zero-order valence-electron chi connectivity index (χ0n) is 12.9. The van der Waals surface area contributed by atoms with Gasteiger partial charge in [-0.2, -0.15) is 4.98 Å². The van der Waals surface area contributed by atoms with Crippen LogP contribution < -0.4 is 4.74 Å². The molecule has 6 nitrogen and oxygen atoms in total. The summed E-state index contributed by atoms with van der Waals surface area (Å²) in [4.78, 5) is 23.3. The van der Waals surface area contributed by atoms with E-state index in [4.69, 9.17) is 4.74 Å². The molecule has 120 valence electrons. The van der Waals surface area contributed by atoms with Gasteiger partial charge >= 0.3 is 0 Å². The molecule has 1 aliphatic heterocycles. The van der Waals surface area contributed by atoms with Crippen molar-refractivity contribution < 1.29 is 14.6 Å². The number of hydrogen-bond acceptors (Lipinski definition) is 6. The maximum atomic E-state index is 12.8. The van der Waals surface area contributed by atoms with Gasteiger partial charge in [0.25, 0.3) is 5.91 Å². The van der Waals surface area contributed by atoms with E-state index in [2.05, 4.69) is 9.97 Å². The Balaban J connectivity index is 1.93. The van der Waals surface area contributed by atoms with Crippen molar-refractivity contribution in [3.8, 4) is 5.88 Å². The average Bonchev–Trinajstić information content (AvgIpc) is 2.85. The molecule has 1 amide bonds. The Hall–Kier alpha value is -1.34. The van der Waals surface area contributed by atoms with Crippen LogP contribution in [0.1, 0.15) is 48.7 Å². The lowest BCUT2D eigenvalue weighted by molar-refractivity contribution is 0.0188. The third-order valence-corrected chi connectivity index (χ3v) is 4.83. The van der Waals surface area contributed by atoms with E-state index in [0.29, 0.717) is 35.4 Å². The topological polar surface area (TPSA) is 75.6 Å². The average molecular weight is 323 g/mol. The van der Waals surface area contributed by atoms with Crippen LogP contribution in [0, 0.1) is 0 Å². The van der Waals surface area contributed by atoms with Gasteiger partial charge in [0.1, 0.15) is 5.56 Å². The molecule has 0 aromatic carbocycles. The minimum atomic E-state index is -0.449. The van der Waals surface area contributed by atoms with E-state index < -0.39 is 6.10 Å². The summed E-state index contributed by atoms with van der Waals surface area (Å²) in [6, 6.07) is -0.123. The number of hydrogen-bond donors (Lipinski definition) is 1. The number of thioether (sulfide) groups is 1. The van der Waals surface area contributed by atoms with Crippen LogP contribution in [-0.4, -0.2) is 50.9 Å². The summed E-state index contributed by atoms with van der Waals surface area (Å²) in [6.45, 7) is 2.76. The van der Waals surface area contributed by atoms with E-state index in [9.17, 15) is 9.90 Å². The van der Waals surface area contributed by atoms with E-state index in [1.165, 1.54) is 11.8 Å². The number of fused-ring (bicyclic) bond motifs is 1. The molecule has 1 N–H and O–H groups in total. The Morgan fingerprint density at radius 3 is 2.82 bits per heavy atom. The highest BCUT2D eigenvalue weighted by atomic mass is 32.2. The number of amides is 1. The molecule has 2 aliphatic rings. The lowest BCUT2D eigenvalue weighted by atomic mass is 9.91. The van der Waals surface area contributed by atoms with E-state index in [-0.39, 0.29) is 11.9 Å². The van der Waals surface area contributed by atoms with Crippen molar-refractivity contribution in [3.05, 3.63) is 11.3 Å². The summed E-state index contributed by atoms with van der Waals surface area (Å²) >= 11 is 1.43. The maximum Gasteiger partial charge on any atom is 0.261 e. The molecule has 1 aromatic heterocycles. The van der Waals surface area contributed by atoms with E-state index in [0.717, 1.165) is 25.7 Å². The summed E-state index contributed by atoms with van der Waals surface area (Å²) in [7, 11) is 0. The van der Waals surface area contributed by atoms with Gasteiger partial charge in [0.2, 0.25) is 5.88 Å². The molecule has 1 fully saturated rings. The second kappa shape index (κ2) is 6.42. The van der Waals surface area contributed by atoms with Gasteiger partial charge in [-0.1, -0.05) is 24.6 Å². The van der Waals surface area contributed by atoms with Gasteiger partial charge in [-0.15, -0.1) is 0 Å². The number of carbonyl (C=O) groups is 1. The normalized spacial score (nSPS) is 24.5. The molecular formula is C15H21N3O3S. The van der Waals surface area contributed by atoms with E-state index >= 15 is 0 Å². The summed E-state index contributed by atoms with van der Waals surface area (Å²) in [6.07, 6.45) is 5.11. The van der Waals surface area contributed by atoms with Gasteiger partial charge in [0.15, 0.2) is 5.16 Å². The van der Waals surface area contributed by atoms with Crippen molar-refractivity contribution in [2.75, 3.05) is 12.9 Å². The second-order valence-electron chi connectivity index (χ2n) is 5.62. The molecule has 2 atom stereocenters. The molecule has 1 saturated carbocycles.